The quantitative estimate of drug-likeness (QED) is 0.433. The molecule has 5 heteroatoms. The number of ketones is 1. The summed E-state index contributed by atoms with van der Waals surface area (Å²) in [7, 11) is 0. The molecule has 2 aromatic rings. The van der Waals surface area contributed by atoms with Crippen LogP contribution < -0.4 is 4.74 Å². The number of Topliss-reactive ketones (excluding diaryl/α,β-unsaturated/α-hetero) is 1. The van der Waals surface area contributed by atoms with Crippen molar-refractivity contribution in [3.05, 3.63) is 63.0 Å². The van der Waals surface area contributed by atoms with Gasteiger partial charge in [0.1, 0.15) is 5.75 Å². The fourth-order valence-electron chi connectivity index (χ4n) is 2.16. The first-order valence-corrected chi connectivity index (χ1v) is 8.17. The van der Waals surface area contributed by atoms with Gasteiger partial charge in [-0.25, -0.2) is 0 Å². The van der Waals surface area contributed by atoms with Crippen molar-refractivity contribution in [1.82, 2.24) is 0 Å². The number of hydrogen-bond donors (Lipinski definition) is 0. The molecule has 2 aromatic carbocycles. The van der Waals surface area contributed by atoms with E-state index in [2.05, 4.69) is 15.9 Å². The van der Waals surface area contributed by atoms with Crippen molar-refractivity contribution in [3.8, 4) is 5.75 Å². The summed E-state index contributed by atoms with van der Waals surface area (Å²) in [6.07, 6.45) is 1.76. The molecule has 3 nitrogen and oxygen atoms in total. The Morgan fingerprint density at radius 1 is 1.23 bits per heavy atom. The molecule has 0 saturated carbocycles. The highest BCUT2D eigenvalue weighted by molar-refractivity contribution is 9.10. The predicted molar refractivity (Wildman–Crippen MR) is 90.1 cm³/mol. The number of carbonyl (C=O) groups is 2. The van der Waals surface area contributed by atoms with Gasteiger partial charge in [-0.05, 0) is 36.4 Å². The molecule has 3 rings (SSSR count). The molecule has 22 heavy (non-hydrogen) atoms. The molecule has 0 fully saturated rings. The molecule has 0 radical (unpaired) electrons. The number of rotatable bonds is 2. The zero-order chi connectivity index (χ0) is 15.7. The van der Waals surface area contributed by atoms with Crippen molar-refractivity contribution < 1.29 is 14.3 Å². The summed E-state index contributed by atoms with van der Waals surface area (Å²) in [5, 5.41) is 0. The number of benzene rings is 2. The van der Waals surface area contributed by atoms with Crippen LogP contribution in [0.4, 0.5) is 0 Å². The van der Waals surface area contributed by atoms with Crippen LogP contribution in [0.3, 0.4) is 0 Å². The number of thioether (sulfide) groups is 1. The molecule has 0 atom stereocenters. The Labute approximate surface area is 140 Å². The number of hydrogen-bond acceptors (Lipinski definition) is 4. The molecule has 0 unspecified atom stereocenters. The van der Waals surface area contributed by atoms with E-state index in [0.717, 1.165) is 9.37 Å². The van der Waals surface area contributed by atoms with Crippen molar-refractivity contribution in [1.29, 1.82) is 0 Å². The zero-order valence-corrected chi connectivity index (χ0v) is 14.0. The fraction of sp³-hybridized carbons (Fsp3) is 0.0588. The van der Waals surface area contributed by atoms with Crippen molar-refractivity contribution >= 4 is 45.5 Å². The van der Waals surface area contributed by atoms with Crippen molar-refractivity contribution in [2.45, 2.75) is 11.8 Å². The van der Waals surface area contributed by atoms with Crippen LogP contribution in [0, 0.1) is 0 Å². The van der Waals surface area contributed by atoms with Crippen LogP contribution in [0.2, 0.25) is 0 Å². The third-order valence-corrected chi connectivity index (χ3v) is 4.68. The Morgan fingerprint density at radius 2 is 2.00 bits per heavy atom. The van der Waals surface area contributed by atoms with Crippen LogP contribution in [0.25, 0.3) is 6.08 Å². The van der Waals surface area contributed by atoms with E-state index in [0.29, 0.717) is 21.8 Å². The van der Waals surface area contributed by atoms with Gasteiger partial charge in [0.2, 0.25) is 5.78 Å². The summed E-state index contributed by atoms with van der Waals surface area (Å²) >= 11 is 4.82. The smallest absolute Gasteiger partial charge is 0.308 e. The van der Waals surface area contributed by atoms with E-state index in [-0.39, 0.29) is 5.78 Å². The average molecular weight is 375 g/mol. The van der Waals surface area contributed by atoms with Gasteiger partial charge < -0.3 is 4.74 Å². The molecule has 0 aromatic heterocycles. The Hall–Kier alpha value is -1.85. The molecule has 0 spiro atoms. The van der Waals surface area contributed by atoms with Gasteiger partial charge in [-0.15, -0.1) is 0 Å². The molecule has 1 heterocycles. The number of fused-ring (bicyclic) bond motifs is 1. The first kappa shape index (κ1) is 15.1. The number of allylic oxidation sites excluding steroid dienone is 1. The highest BCUT2D eigenvalue weighted by Gasteiger charge is 2.25. The minimum Gasteiger partial charge on any atom is -0.426 e. The normalized spacial score (nSPS) is 15.0. The number of esters is 1. The van der Waals surface area contributed by atoms with Crippen LogP contribution in [0.5, 0.6) is 5.75 Å². The summed E-state index contributed by atoms with van der Waals surface area (Å²) in [5.41, 5.74) is 1.40. The van der Waals surface area contributed by atoms with Gasteiger partial charge in [0.25, 0.3) is 0 Å². The zero-order valence-electron chi connectivity index (χ0n) is 11.6. The van der Waals surface area contributed by atoms with E-state index in [1.807, 2.05) is 30.3 Å². The SMILES string of the molecule is CC(=O)Oc1ccc(Br)cc1/C=C1\Sc2ccccc2C1=O. The van der Waals surface area contributed by atoms with E-state index < -0.39 is 5.97 Å². The summed E-state index contributed by atoms with van der Waals surface area (Å²) < 4.78 is 6.05. The lowest BCUT2D eigenvalue weighted by Crippen LogP contribution is -2.03. The Bertz CT molecular complexity index is 811. The van der Waals surface area contributed by atoms with Crippen molar-refractivity contribution in [2.24, 2.45) is 0 Å². The lowest BCUT2D eigenvalue weighted by atomic mass is 10.1. The summed E-state index contributed by atoms with van der Waals surface area (Å²) in [6, 6.07) is 12.8. The van der Waals surface area contributed by atoms with Gasteiger partial charge in [0, 0.05) is 27.4 Å². The van der Waals surface area contributed by atoms with Crippen molar-refractivity contribution in [2.75, 3.05) is 0 Å². The van der Waals surface area contributed by atoms with E-state index in [9.17, 15) is 9.59 Å². The largest absolute Gasteiger partial charge is 0.426 e. The van der Waals surface area contributed by atoms with E-state index in [4.69, 9.17) is 4.74 Å². The lowest BCUT2D eigenvalue weighted by molar-refractivity contribution is -0.131. The molecule has 0 N–H and O–H groups in total. The monoisotopic (exact) mass is 374 g/mol. The minimum absolute atomic E-state index is 0.00523. The van der Waals surface area contributed by atoms with Gasteiger partial charge in [0.15, 0.2) is 0 Å². The van der Waals surface area contributed by atoms with E-state index in [1.165, 1.54) is 18.7 Å². The van der Waals surface area contributed by atoms with Crippen LogP contribution >= 0.6 is 27.7 Å². The predicted octanol–water partition coefficient (Wildman–Crippen LogP) is 4.70. The van der Waals surface area contributed by atoms with Crippen LogP contribution in [0.1, 0.15) is 22.8 Å². The highest BCUT2D eigenvalue weighted by atomic mass is 79.9. The topological polar surface area (TPSA) is 43.4 Å². The molecular formula is C17H11BrO3S. The molecule has 1 aliphatic heterocycles. The average Bonchev–Trinajstić information content (AvgIpc) is 2.79. The summed E-state index contributed by atoms with van der Waals surface area (Å²) in [6.45, 7) is 1.35. The molecule has 0 bridgehead atoms. The number of ether oxygens (including phenoxy) is 1. The standard InChI is InChI=1S/C17H11BrO3S/c1-10(19)21-14-7-6-12(18)8-11(14)9-16-17(20)13-4-2-3-5-15(13)22-16/h2-9H,1H3/b16-9-. The van der Waals surface area contributed by atoms with Crippen LogP contribution in [0.15, 0.2) is 56.7 Å². The Morgan fingerprint density at radius 3 is 2.73 bits per heavy atom. The second kappa shape index (κ2) is 6.10. The summed E-state index contributed by atoms with van der Waals surface area (Å²) in [4.78, 5) is 25.2. The molecule has 110 valence electrons. The van der Waals surface area contributed by atoms with Gasteiger partial charge in [-0.2, -0.15) is 0 Å². The Kier molecular flexibility index (Phi) is 4.18. The summed E-state index contributed by atoms with van der Waals surface area (Å²) in [5.74, 6) is 0.0394. The van der Waals surface area contributed by atoms with Gasteiger partial charge in [0.05, 0.1) is 4.91 Å². The number of halogens is 1. The van der Waals surface area contributed by atoms with E-state index >= 15 is 0 Å². The van der Waals surface area contributed by atoms with E-state index in [1.54, 1.807) is 18.2 Å². The maximum absolute atomic E-state index is 12.4. The molecule has 0 saturated heterocycles. The second-order valence-electron chi connectivity index (χ2n) is 4.71. The van der Waals surface area contributed by atoms with Crippen molar-refractivity contribution in [3.63, 3.8) is 0 Å². The molecule has 1 aliphatic rings. The Balaban J connectivity index is 2.01. The minimum atomic E-state index is -0.393. The molecule has 0 aliphatic carbocycles. The highest BCUT2D eigenvalue weighted by Crippen LogP contribution is 2.41. The number of carbonyl (C=O) groups excluding carboxylic acids is 2. The molecule has 0 amide bonds. The maximum atomic E-state index is 12.4. The van der Waals surface area contributed by atoms with Gasteiger partial charge in [-0.3, -0.25) is 9.59 Å². The van der Waals surface area contributed by atoms with Crippen LogP contribution in [-0.4, -0.2) is 11.8 Å². The third-order valence-electron chi connectivity index (χ3n) is 3.09. The third kappa shape index (κ3) is 3.00. The second-order valence-corrected chi connectivity index (χ2v) is 6.71. The first-order chi connectivity index (χ1) is 10.5. The molecular weight excluding hydrogens is 364 g/mol. The first-order valence-electron chi connectivity index (χ1n) is 6.56. The van der Waals surface area contributed by atoms with Crippen LogP contribution in [-0.2, 0) is 4.79 Å². The van der Waals surface area contributed by atoms with Gasteiger partial charge in [-0.1, -0.05) is 39.8 Å². The maximum Gasteiger partial charge on any atom is 0.308 e. The lowest BCUT2D eigenvalue weighted by Gasteiger charge is -2.06. The van der Waals surface area contributed by atoms with Gasteiger partial charge >= 0.3 is 5.97 Å². The fourth-order valence-corrected chi connectivity index (χ4v) is 3.58.